The van der Waals surface area contributed by atoms with Gasteiger partial charge in [-0.3, -0.25) is 24.8 Å². The quantitative estimate of drug-likeness (QED) is 0.192. The molecule has 0 atom stereocenters. The maximum absolute atomic E-state index is 13.5. The van der Waals surface area contributed by atoms with Crippen molar-refractivity contribution < 1.29 is 24.0 Å². The van der Waals surface area contributed by atoms with Crippen molar-refractivity contribution in [1.82, 2.24) is 4.90 Å². The zero-order valence-electron chi connectivity index (χ0n) is 23.2. The molecule has 1 saturated carbocycles. The van der Waals surface area contributed by atoms with Gasteiger partial charge in [-0.25, -0.2) is 4.79 Å². The van der Waals surface area contributed by atoms with Crippen LogP contribution in [0, 0.1) is 10.1 Å². The molecule has 9 nitrogen and oxygen atoms in total. The highest BCUT2D eigenvalue weighted by atomic mass is 16.6. The van der Waals surface area contributed by atoms with Gasteiger partial charge in [-0.1, -0.05) is 44.4 Å². The molecule has 1 aliphatic carbocycles. The molecule has 9 heteroatoms. The molecule has 2 aliphatic rings. The molecule has 1 heterocycles. The minimum absolute atomic E-state index is 0.0203. The Balaban J connectivity index is 1.60. The molecule has 208 valence electrons. The Morgan fingerprint density at radius 1 is 1.15 bits per heavy atom. The van der Waals surface area contributed by atoms with Crippen molar-refractivity contribution >= 4 is 23.4 Å². The van der Waals surface area contributed by atoms with Crippen LogP contribution in [0.4, 0.5) is 5.69 Å². The number of carbonyl (C=O) groups is 2. The second-order valence-corrected chi connectivity index (χ2v) is 10.7. The summed E-state index contributed by atoms with van der Waals surface area (Å²) in [7, 11) is 0. The fourth-order valence-electron chi connectivity index (χ4n) is 5.32. The van der Waals surface area contributed by atoms with E-state index in [2.05, 4.69) is 6.92 Å². The smallest absolute Gasteiger partial charge is 0.349 e. The molecule has 0 saturated heterocycles. The van der Waals surface area contributed by atoms with Crippen LogP contribution in [0.1, 0.15) is 78.2 Å². The van der Waals surface area contributed by atoms with Crippen molar-refractivity contribution in [2.24, 2.45) is 4.99 Å². The molecular formula is C30H37N3O6. The van der Waals surface area contributed by atoms with Crippen LogP contribution in [-0.4, -0.2) is 45.3 Å². The van der Waals surface area contributed by atoms with E-state index in [4.69, 9.17) is 14.5 Å². The van der Waals surface area contributed by atoms with Crippen molar-refractivity contribution in [1.29, 1.82) is 0 Å². The predicted octanol–water partition coefficient (Wildman–Crippen LogP) is 6.23. The summed E-state index contributed by atoms with van der Waals surface area (Å²) in [5.41, 5.74) is -0.258. The number of unbranched alkanes of at least 4 members (excludes halogenated alkanes) is 1. The number of nitro benzene ring substituents is 1. The van der Waals surface area contributed by atoms with Crippen molar-refractivity contribution in [3.8, 4) is 16.9 Å². The number of benzene rings is 2. The van der Waals surface area contributed by atoms with E-state index >= 15 is 0 Å². The van der Waals surface area contributed by atoms with Crippen molar-refractivity contribution in [2.75, 3.05) is 6.61 Å². The predicted molar refractivity (Wildman–Crippen MR) is 149 cm³/mol. The summed E-state index contributed by atoms with van der Waals surface area (Å²) in [5.74, 6) is 0.713. The number of amidine groups is 1. The van der Waals surface area contributed by atoms with E-state index in [9.17, 15) is 19.7 Å². The van der Waals surface area contributed by atoms with Gasteiger partial charge in [0.25, 0.3) is 11.6 Å². The van der Waals surface area contributed by atoms with Gasteiger partial charge in [-0.2, -0.15) is 0 Å². The lowest BCUT2D eigenvalue weighted by Gasteiger charge is -2.24. The van der Waals surface area contributed by atoms with Gasteiger partial charge in [0.1, 0.15) is 17.1 Å². The zero-order valence-corrected chi connectivity index (χ0v) is 23.2. The summed E-state index contributed by atoms with van der Waals surface area (Å²) < 4.78 is 11.0. The first-order valence-electron chi connectivity index (χ1n) is 13.7. The van der Waals surface area contributed by atoms with Gasteiger partial charge < -0.3 is 9.47 Å². The Bertz CT molecular complexity index is 1280. The van der Waals surface area contributed by atoms with Crippen LogP contribution in [0.15, 0.2) is 47.5 Å². The van der Waals surface area contributed by atoms with Crippen LogP contribution in [0.25, 0.3) is 11.1 Å². The van der Waals surface area contributed by atoms with Crippen LogP contribution in [0.5, 0.6) is 5.75 Å². The number of hydrogen-bond acceptors (Lipinski definition) is 7. The second kappa shape index (κ2) is 11.6. The summed E-state index contributed by atoms with van der Waals surface area (Å²) in [6, 6.07) is 11.9. The fourth-order valence-corrected chi connectivity index (χ4v) is 5.32. The van der Waals surface area contributed by atoms with Gasteiger partial charge in [-0.05, 0) is 69.4 Å². The number of esters is 1. The molecule has 4 rings (SSSR count). The lowest BCUT2D eigenvalue weighted by Crippen LogP contribution is -2.40. The summed E-state index contributed by atoms with van der Waals surface area (Å²) in [5, 5.41) is 12.1. The third-order valence-electron chi connectivity index (χ3n) is 7.37. The van der Waals surface area contributed by atoms with Crippen molar-refractivity contribution in [3.05, 3.63) is 58.1 Å². The van der Waals surface area contributed by atoms with Gasteiger partial charge in [0.15, 0.2) is 5.60 Å². The third kappa shape index (κ3) is 5.97. The first-order chi connectivity index (χ1) is 18.6. The molecule has 2 aromatic carbocycles. The van der Waals surface area contributed by atoms with Crippen LogP contribution in [0.2, 0.25) is 0 Å². The first kappa shape index (κ1) is 28.3. The largest absolute Gasteiger partial charge is 0.476 e. The van der Waals surface area contributed by atoms with E-state index in [1.165, 1.54) is 6.07 Å². The molecule has 0 aromatic heterocycles. The SMILES string of the molecule is CCCCC1=NC2(CCCC2)C(=O)N1Cc1ccc(-c2cccc(OC(C)(C)C(=O)OCC)c2)c([N+](=O)[O-])c1. The maximum atomic E-state index is 13.5. The molecule has 0 bridgehead atoms. The van der Waals surface area contributed by atoms with E-state index in [1.807, 2.05) is 6.07 Å². The molecule has 1 amide bonds. The van der Waals surface area contributed by atoms with Crippen LogP contribution in [0.3, 0.4) is 0 Å². The lowest BCUT2D eigenvalue weighted by molar-refractivity contribution is -0.384. The number of amides is 1. The lowest BCUT2D eigenvalue weighted by atomic mass is 9.97. The van der Waals surface area contributed by atoms with Crippen LogP contribution in [-0.2, 0) is 20.9 Å². The van der Waals surface area contributed by atoms with E-state index in [-0.39, 0.29) is 24.7 Å². The topological polar surface area (TPSA) is 111 Å². The average Bonchev–Trinajstić information content (AvgIpc) is 3.48. The monoisotopic (exact) mass is 535 g/mol. The Labute approximate surface area is 229 Å². The number of carbonyl (C=O) groups excluding carboxylic acids is 2. The normalized spacial score (nSPS) is 16.5. The van der Waals surface area contributed by atoms with Crippen molar-refractivity contribution in [3.63, 3.8) is 0 Å². The standard InChI is InChI=1S/C30H37N3O6/c1-5-7-13-26-31-30(16-8-9-17-30)27(34)32(26)20-21-14-15-24(25(18-21)33(36)37)22-11-10-12-23(19-22)39-29(3,4)28(35)38-6-2/h10-12,14-15,18-19H,5-9,13,16-17,20H2,1-4H3. The number of nitrogens with zero attached hydrogens (tertiary/aromatic N) is 3. The zero-order chi connectivity index (χ0) is 28.2. The number of nitro groups is 1. The van der Waals surface area contributed by atoms with Gasteiger partial charge >= 0.3 is 5.97 Å². The van der Waals surface area contributed by atoms with E-state index in [0.717, 1.165) is 50.8 Å². The molecule has 1 aliphatic heterocycles. The first-order valence-corrected chi connectivity index (χ1v) is 13.7. The Morgan fingerprint density at radius 3 is 2.56 bits per heavy atom. The van der Waals surface area contributed by atoms with Crippen LogP contribution >= 0.6 is 0 Å². The Kier molecular flexibility index (Phi) is 8.37. The third-order valence-corrected chi connectivity index (χ3v) is 7.37. The Morgan fingerprint density at radius 2 is 1.90 bits per heavy atom. The Hall–Kier alpha value is -3.75. The van der Waals surface area contributed by atoms with Crippen molar-refractivity contribution in [2.45, 2.75) is 90.3 Å². The molecule has 2 aromatic rings. The van der Waals surface area contributed by atoms with Gasteiger partial charge in [0.05, 0.1) is 23.6 Å². The van der Waals surface area contributed by atoms with E-state index in [1.54, 1.807) is 56.0 Å². The second-order valence-electron chi connectivity index (χ2n) is 10.7. The van der Waals surface area contributed by atoms with E-state index in [0.29, 0.717) is 22.4 Å². The molecule has 0 N–H and O–H groups in total. The summed E-state index contributed by atoms with van der Waals surface area (Å²) in [6.07, 6.45) is 6.16. The molecule has 0 radical (unpaired) electrons. The van der Waals surface area contributed by atoms with Crippen LogP contribution < -0.4 is 4.74 Å². The minimum Gasteiger partial charge on any atom is -0.476 e. The molecule has 39 heavy (non-hydrogen) atoms. The highest BCUT2D eigenvalue weighted by Crippen LogP contribution is 2.41. The highest BCUT2D eigenvalue weighted by molar-refractivity contribution is 6.08. The van der Waals surface area contributed by atoms with Gasteiger partial charge in [0, 0.05) is 12.5 Å². The van der Waals surface area contributed by atoms with Gasteiger partial charge in [-0.15, -0.1) is 0 Å². The number of ether oxygens (including phenoxy) is 2. The summed E-state index contributed by atoms with van der Waals surface area (Å²) in [4.78, 5) is 44.1. The minimum atomic E-state index is -1.22. The molecule has 1 fully saturated rings. The number of aliphatic imine (C=N–C) groups is 1. The molecule has 0 unspecified atom stereocenters. The summed E-state index contributed by atoms with van der Waals surface area (Å²) >= 11 is 0. The average molecular weight is 536 g/mol. The highest BCUT2D eigenvalue weighted by Gasteiger charge is 2.49. The number of rotatable bonds is 11. The number of hydrogen-bond donors (Lipinski definition) is 0. The fraction of sp³-hybridized carbons (Fsp3) is 0.500. The molecule has 1 spiro atoms. The summed E-state index contributed by atoms with van der Waals surface area (Å²) in [6.45, 7) is 7.54. The van der Waals surface area contributed by atoms with E-state index < -0.39 is 22.0 Å². The maximum Gasteiger partial charge on any atom is 0.349 e. The molecular weight excluding hydrogens is 498 g/mol. The van der Waals surface area contributed by atoms with Gasteiger partial charge in [0.2, 0.25) is 0 Å².